The summed E-state index contributed by atoms with van der Waals surface area (Å²) in [6.45, 7) is 5.00. The van der Waals surface area contributed by atoms with Crippen LogP contribution in [0, 0.1) is 0 Å². The Kier molecular flexibility index (Phi) is 6.31. The van der Waals surface area contributed by atoms with Gasteiger partial charge in [-0.25, -0.2) is 4.99 Å². The normalized spacial score (nSPS) is 19.2. The Labute approximate surface area is 158 Å². The van der Waals surface area contributed by atoms with E-state index in [0.717, 1.165) is 48.4 Å². The topological polar surface area (TPSA) is 65.2 Å². The van der Waals surface area contributed by atoms with E-state index in [-0.39, 0.29) is 12.5 Å². The number of aliphatic imine (C=N–C) groups is 1. The Morgan fingerprint density at radius 3 is 2.32 bits per heavy atom. The maximum Gasteiger partial charge on any atom is 0.244 e. The number of halogens is 1. The first-order valence-corrected chi connectivity index (χ1v) is 10.1. The van der Waals surface area contributed by atoms with Crippen LogP contribution in [0.15, 0.2) is 29.3 Å². The van der Waals surface area contributed by atoms with E-state index in [9.17, 15) is 4.79 Å². The first kappa shape index (κ1) is 18.2. The monoisotopic (exact) mass is 381 g/mol. The molecule has 2 aliphatic heterocycles. The van der Waals surface area contributed by atoms with Crippen LogP contribution < -0.4 is 10.6 Å². The molecule has 0 spiro atoms. The van der Waals surface area contributed by atoms with Gasteiger partial charge in [0.1, 0.15) is 6.54 Å². The zero-order valence-corrected chi connectivity index (χ0v) is 15.8. The fourth-order valence-corrected chi connectivity index (χ4v) is 4.04. The predicted molar refractivity (Wildman–Crippen MR) is 106 cm³/mol. The highest BCUT2D eigenvalue weighted by atomic mass is 35.5. The second-order valence-electron chi connectivity index (χ2n) is 6.12. The Morgan fingerprint density at radius 2 is 1.68 bits per heavy atom. The second-order valence-corrected chi connectivity index (χ2v) is 7.78. The van der Waals surface area contributed by atoms with E-state index in [0.29, 0.717) is 19.0 Å². The lowest BCUT2D eigenvalue weighted by molar-refractivity contribution is -0.129. The summed E-state index contributed by atoms with van der Waals surface area (Å²) in [5.41, 5.74) is 7.15. The minimum Gasteiger partial charge on any atom is -0.370 e. The summed E-state index contributed by atoms with van der Waals surface area (Å²) < 4.78 is 0. The molecule has 0 aromatic heterocycles. The van der Waals surface area contributed by atoms with Gasteiger partial charge >= 0.3 is 0 Å². The molecule has 1 aromatic carbocycles. The van der Waals surface area contributed by atoms with Crippen molar-refractivity contribution in [1.82, 2.24) is 9.80 Å². The van der Waals surface area contributed by atoms with Crippen LogP contribution in [-0.2, 0) is 4.79 Å². The zero-order chi connectivity index (χ0) is 17.6. The molecule has 3 rings (SSSR count). The Morgan fingerprint density at radius 1 is 1.04 bits per heavy atom. The average Bonchev–Trinajstić information content (AvgIpc) is 2.67. The molecule has 0 aliphatic carbocycles. The van der Waals surface area contributed by atoms with Crippen LogP contribution in [0.3, 0.4) is 0 Å². The molecule has 0 radical (unpaired) electrons. The molecule has 2 fully saturated rings. The molecule has 2 saturated heterocycles. The molecule has 0 unspecified atom stereocenters. The number of nitrogens with zero attached hydrogens (tertiary/aromatic N) is 4. The number of hydrogen-bond acceptors (Lipinski definition) is 4. The van der Waals surface area contributed by atoms with E-state index < -0.39 is 0 Å². The zero-order valence-electron chi connectivity index (χ0n) is 14.2. The maximum atomic E-state index is 12.4. The van der Waals surface area contributed by atoms with Gasteiger partial charge in [0.2, 0.25) is 5.91 Å². The molecule has 2 aliphatic rings. The van der Waals surface area contributed by atoms with Gasteiger partial charge in [0.25, 0.3) is 0 Å². The molecule has 8 heteroatoms. The molecule has 2 heterocycles. The number of nitrogens with two attached hydrogens (primary N) is 1. The number of rotatable bonds is 3. The van der Waals surface area contributed by atoms with Crippen molar-refractivity contribution < 1.29 is 4.79 Å². The van der Waals surface area contributed by atoms with E-state index in [1.54, 1.807) is 0 Å². The number of carbonyl (C=O) groups is 1. The van der Waals surface area contributed by atoms with Crippen molar-refractivity contribution in [2.45, 2.75) is 0 Å². The van der Waals surface area contributed by atoms with E-state index in [1.165, 1.54) is 0 Å². The Bertz CT molecular complexity index is 610. The van der Waals surface area contributed by atoms with Crippen LogP contribution in [0.1, 0.15) is 0 Å². The number of piperazine rings is 1. The molecule has 25 heavy (non-hydrogen) atoms. The molecule has 1 amide bonds. The summed E-state index contributed by atoms with van der Waals surface area (Å²) in [6, 6.07) is 7.82. The van der Waals surface area contributed by atoms with E-state index >= 15 is 0 Å². The molecule has 1 aromatic rings. The standard InChI is InChI=1S/C17H24ClN5OS/c18-14-1-3-15(4-2-14)21-5-7-22(8-6-21)16(24)13-20-17(19)23-9-11-25-12-10-23/h1-4H,5-13H2,(H2,19,20). The van der Waals surface area contributed by atoms with Crippen molar-refractivity contribution in [2.75, 3.05) is 62.2 Å². The summed E-state index contributed by atoms with van der Waals surface area (Å²) in [5.74, 6) is 2.67. The van der Waals surface area contributed by atoms with Crippen molar-refractivity contribution in [3.8, 4) is 0 Å². The highest BCUT2D eigenvalue weighted by Crippen LogP contribution is 2.19. The summed E-state index contributed by atoms with van der Waals surface area (Å²) in [4.78, 5) is 22.9. The smallest absolute Gasteiger partial charge is 0.244 e. The molecule has 0 saturated carbocycles. The Hall–Kier alpha value is -1.60. The van der Waals surface area contributed by atoms with Gasteiger partial charge in [-0.3, -0.25) is 4.79 Å². The fourth-order valence-electron chi connectivity index (χ4n) is 3.01. The maximum absolute atomic E-state index is 12.4. The molecule has 2 N–H and O–H groups in total. The molecule has 0 atom stereocenters. The van der Waals surface area contributed by atoms with Crippen LogP contribution in [-0.4, -0.2) is 79.0 Å². The largest absolute Gasteiger partial charge is 0.370 e. The summed E-state index contributed by atoms with van der Waals surface area (Å²) in [6.07, 6.45) is 0. The van der Waals surface area contributed by atoms with Gasteiger partial charge < -0.3 is 20.4 Å². The summed E-state index contributed by atoms with van der Waals surface area (Å²) >= 11 is 7.86. The van der Waals surface area contributed by atoms with Gasteiger partial charge in [0.15, 0.2) is 5.96 Å². The number of benzene rings is 1. The number of amides is 1. The van der Waals surface area contributed by atoms with Crippen molar-refractivity contribution in [2.24, 2.45) is 10.7 Å². The SMILES string of the molecule is NC(=NCC(=O)N1CCN(c2ccc(Cl)cc2)CC1)N1CCSCC1. The van der Waals surface area contributed by atoms with E-state index in [4.69, 9.17) is 17.3 Å². The van der Waals surface area contributed by atoms with Crippen LogP contribution in [0.4, 0.5) is 5.69 Å². The van der Waals surface area contributed by atoms with E-state index in [2.05, 4.69) is 14.8 Å². The van der Waals surface area contributed by atoms with Gasteiger partial charge in [-0.1, -0.05) is 11.6 Å². The predicted octanol–water partition coefficient (Wildman–Crippen LogP) is 1.35. The number of anilines is 1. The van der Waals surface area contributed by atoms with Gasteiger partial charge in [0.05, 0.1) is 0 Å². The lowest BCUT2D eigenvalue weighted by Gasteiger charge is -2.36. The van der Waals surface area contributed by atoms with Gasteiger partial charge in [0, 0.05) is 61.5 Å². The molecule has 0 bridgehead atoms. The van der Waals surface area contributed by atoms with Crippen LogP contribution in [0.2, 0.25) is 5.02 Å². The molecule has 136 valence electrons. The lowest BCUT2D eigenvalue weighted by atomic mass is 10.2. The van der Waals surface area contributed by atoms with Crippen LogP contribution >= 0.6 is 23.4 Å². The highest BCUT2D eigenvalue weighted by molar-refractivity contribution is 7.99. The number of hydrogen-bond donors (Lipinski definition) is 1. The first-order chi connectivity index (χ1) is 12.1. The average molecular weight is 382 g/mol. The van der Waals surface area contributed by atoms with Crippen LogP contribution in [0.25, 0.3) is 0 Å². The third-order valence-electron chi connectivity index (χ3n) is 4.54. The fraction of sp³-hybridized carbons (Fsp3) is 0.529. The number of carbonyl (C=O) groups excluding carboxylic acids is 1. The van der Waals surface area contributed by atoms with Crippen molar-refractivity contribution in [3.63, 3.8) is 0 Å². The second kappa shape index (κ2) is 8.67. The number of guanidine groups is 1. The van der Waals surface area contributed by atoms with E-state index in [1.807, 2.05) is 40.9 Å². The van der Waals surface area contributed by atoms with Crippen molar-refractivity contribution in [1.29, 1.82) is 0 Å². The number of thioether (sulfide) groups is 1. The quantitative estimate of drug-likeness (QED) is 0.632. The Balaban J connectivity index is 1.47. The van der Waals surface area contributed by atoms with Gasteiger partial charge in [-0.05, 0) is 24.3 Å². The third kappa shape index (κ3) is 4.95. The molecular formula is C17H24ClN5OS. The van der Waals surface area contributed by atoms with Crippen molar-refractivity contribution >= 4 is 40.9 Å². The van der Waals surface area contributed by atoms with Gasteiger partial charge in [-0.15, -0.1) is 0 Å². The first-order valence-electron chi connectivity index (χ1n) is 8.54. The van der Waals surface area contributed by atoms with Crippen molar-refractivity contribution in [3.05, 3.63) is 29.3 Å². The van der Waals surface area contributed by atoms with Crippen LogP contribution in [0.5, 0.6) is 0 Å². The van der Waals surface area contributed by atoms with Gasteiger partial charge in [-0.2, -0.15) is 11.8 Å². The highest BCUT2D eigenvalue weighted by Gasteiger charge is 2.21. The minimum atomic E-state index is 0.0464. The lowest BCUT2D eigenvalue weighted by Crippen LogP contribution is -2.50. The molecule has 6 nitrogen and oxygen atoms in total. The third-order valence-corrected chi connectivity index (χ3v) is 5.73. The summed E-state index contributed by atoms with van der Waals surface area (Å²) in [5, 5.41) is 0.736. The minimum absolute atomic E-state index is 0.0464. The molecular weight excluding hydrogens is 358 g/mol. The summed E-state index contributed by atoms with van der Waals surface area (Å²) in [7, 11) is 0.